The zero-order valence-electron chi connectivity index (χ0n) is 23.3. The van der Waals surface area contributed by atoms with Crippen LogP contribution in [-0.2, 0) is 20.8 Å². The third-order valence-electron chi connectivity index (χ3n) is 5.33. The predicted octanol–water partition coefficient (Wildman–Crippen LogP) is 6.35. The summed E-state index contributed by atoms with van der Waals surface area (Å²) in [5, 5.41) is 2.73. The molecule has 7 heteroatoms. The Morgan fingerprint density at radius 2 is 1.49 bits per heavy atom. The minimum atomic E-state index is -0.583. The normalized spacial score (nSPS) is 11.5. The molecule has 0 spiro atoms. The Hall–Kier alpha value is -3.35. The Kier molecular flexibility index (Phi) is 10.7. The third-order valence-corrected chi connectivity index (χ3v) is 5.33. The summed E-state index contributed by atoms with van der Waals surface area (Å²) in [5.41, 5.74) is 1.99. The van der Waals surface area contributed by atoms with Gasteiger partial charge in [0.25, 0.3) is 0 Å². The first-order chi connectivity index (χ1) is 17.3. The first-order valence-corrected chi connectivity index (χ1v) is 13.0. The quantitative estimate of drug-likeness (QED) is 0.376. The van der Waals surface area contributed by atoms with Crippen molar-refractivity contribution < 1.29 is 23.9 Å². The van der Waals surface area contributed by atoms with Crippen molar-refractivity contribution in [3.05, 3.63) is 59.7 Å². The van der Waals surface area contributed by atoms with Gasteiger partial charge in [-0.25, -0.2) is 9.59 Å². The van der Waals surface area contributed by atoms with E-state index in [-0.39, 0.29) is 11.9 Å². The highest BCUT2D eigenvalue weighted by atomic mass is 16.6. The van der Waals surface area contributed by atoms with Crippen molar-refractivity contribution in [1.82, 2.24) is 10.2 Å². The average Bonchev–Trinajstić information content (AvgIpc) is 2.80. The van der Waals surface area contributed by atoms with Crippen molar-refractivity contribution >= 4 is 18.0 Å². The van der Waals surface area contributed by atoms with Crippen molar-refractivity contribution in [3.63, 3.8) is 0 Å². The number of benzene rings is 2. The van der Waals surface area contributed by atoms with Gasteiger partial charge in [-0.3, -0.25) is 4.79 Å². The summed E-state index contributed by atoms with van der Waals surface area (Å²) < 4.78 is 10.9. The molecule has 1 N–H and O–H groups in total. The minimum absolute atomic E-state index is 0.0483. The molecule has 37 heavy (non-hydrogen) atoms. The highest BCUT2D eigenvalue weighted by Crippen LogP contribution is 2.26. The van der Waals surface area contributed by atoms with Crippen LogP contribution in [-0.4, -0.2) is 47.2 Å². The monoisotopic (exact) mass is 510 g/mol. The van der Waals surface area contributed by atoms with Crippen LogP contribution in [0.1, 0.15) is 83.7 Å². The fourth-order valence-electron chi connectivity index (χ4n) is 3.64. The standard InChI is InChI=1S/C30H42N2O5/c1-8-9-14-26(33)32(20-19-31-28(35)37-30(5,6)7)21-22-15-17-23(18-16-22)24-12-10-11-13-25(24)27(34)36-29(2,3)4/h10-13,15-18H,8-9,14,19-21H2,1-7H3,(H,31,35). The molecule has 0 heterocycles. The maximum atomic E-state index is 12.9. The molecule has 2 aromatic rings. The topological polar surface area (TPSA) is 84.9 Å². The summed E-state index contributed by atoms with van der Waals surface area (Å²) in [6.07, 6.45) is 1.71. The van der Waals surface area contributed by atoms with Crippen LogP contribution in [0, 0.1) is 0 Å². The van der Waals surface area contributed by atoms with Crippen LogP contribution in [0.3, 0.4) is 0 Å². The number of carbonyl (C=O) groups excluding carboxylic acids is 3. The molecule has 2 rings (SSSR count). The molecule has 7 nitrogen and oxygen atoms in total. The van der Waals surface area contributed by atoms with Crippen molar-refractivity contribution in [3.8, 4) is 11.1 Å². The number of nitrogens with one attached hydrogen (secondary N) is 1. The van der Waals surface area contributed by atoms with Crippen LogP contribution in [0.25, 0.3) is 11.1 Å². The van der Waals surface area contributed by atoms with Gasteiger partial charge in [-0.15, -0.1) is 0 Å². The highest BCUT2D eigenvalue weighted by molar-refractivity contribution is 5.97. The van der Waals surface area contributed by atoms with E-state index in [1.165, 1.54) is 0 Å². The van der Waals surface area contributed by atoms with Gasteiger partial charge >= 0.3 is 12.1 Å². The van der Waals surface area contributed by atoms with E-state index in [1.54, 1.807) is 11.0 Å². The molecular formula is C30H42N2O5. The van der Waals surface area contributed by atoms with Crippen molar-refractivity contribution in [1.29, 1.82) is 0 Å². The number of carbonyl (C=O) groups is 3. The molecule has 0 unspecified atom stereocenters. The minimum Gasteiger partial charge on any atom is -0.456 e. The van der Waals surface area contributed by atoms with E-state index in [2.05, 4.69) is 12.2 Å². The third kappa shape index (κ3) is 10.7. The Morgan fingerprint density at radius 1 is 0.865 bits per heavy atom. The molecule has 0 atom stereocenters. The van der Waals surface area contributed by atoms with Gasteiger partial charge < -0.3 is 19.7 Å². The number of alkyl carbamates (subject to hydrolysis) is 1. The SMILES string of the molecule is CCCCC(=O)N(CCNC(=O)OC(C)(C)C)Cc1ccc(-c2ccccc2C(=O)OC(C)(C)C)cc1. The van der Waals surface area contributed by atoms with Crippen molar-refractivity contribution in [2.75, 3.05) is 13.1 Å². The lowest BCUT2D eigenvalue weighted by atomic mass is 9.98. The molecule has 0 aliphatic rings. The number of amides is 2. The van der Waals surface area contributed by atoms with Crippen LogP contribution in [0.15, 0.2) is 48.5 Å². The zero-order valence-corrected chi connectivity index (χ0v) is 23.3. The smallest absolute Gasteiger partial charge is 0.407 e. The Balaban J connectivity index is 2.14. The second-order valence-electron chi connectivity index (χ2n) is 11.1. The number of rotatable bonds is 10. The van der Waals surface area contributed by atoms with E-state index in [0.29, 0.717) is 31.6 Å². The molecule has 0 aliphatic carbocycles. The average molecular weight is 511 g/mol. The van der Waals surface area contributed by atoms with Gasteiger partial charge in [-0.05, 0) is 70.7 Å². The van der Waals surface area contributed by atoms with E-state index in [1.807, 2.05) is 84.0 Å². The van der Waals surface area contributed by atoms with Crippen molar-refractivity contribution in [2.45, 2.75) is 85.5 Å². The van der Waals surface area contributed by atoms with Gasteiger partial charge in [0, 0.05) is 26.1 Å². The summed E-state index contributed by atoms with van der Waals surface area (Å²) in [6.45, 7) is 14.1. The molecule has 0 saturated carbocycles. The molecule has 2 amide bonds. The fraction of sp³-hybridized carbons (Fsp3) is 0.500. The van der Waals surface area contributed by atoms with Crippen LogP contribution >= 0.6 is 0 Å². The van der Waals surface area contributed by atoms with E-state index in [9.17, 15) is 14.4 Å². The fourth-order valence-corrected chi connectivity index (χ4v) is 3.64. The molecule has 0 aromatic heterocycles. The molecule has 2 aromatic carbocycles. The van der Waals surface area contributed by atoms with Crippen LogP contribution in [0.5, 0.6) is 0 Å². The van der Waals surface area contributed by atoms with E-state index < -0.39 is 17.3 Å². The molecule has 0 fully saturated rings. The largest absolute Gasteiger partial charge is 0.456 e. The summed E-state index contributed by atoms with van der Waals surface area (Å²) in [7, 11) is 0. The second kappa shape index (κ2) is 13.3. The summed E-state index contributed by atoms with van der Waals surface area (Å²) in [4.78, 5) is 39.4. The number of ether oxygens (including phenoxy) is 2. The molecule has 0 saturated heterocycles. The Morgan fingerprint density at radius 3 is 2.08 bits per heavy atom. The first kappa shape index (κ1) is 29.9. The van der Waals surface area contributed by atoms with Gasteiger partial charge in [0.1, 0.15) is 11.2 Å². The number of hydrogen-bond acceptors (Lipinski definition) is 5. The number of hydrogen-bond donors (Lipinski definition) is 1. The molecule has 0 aliphatic heterocycles. The predicted molar refractivity (Wildman–Crippen MR) is 146 cm³/mol. The van der Waals surface area contributed by atoms with Gasteiger partial charge in [-0.1, -0.05) is 55.8 Å². The molecule has 202 valence electrons. The first-order valence-electron chi connectivity index (χ1n) is 13.0. The van der Waals surface area contributed by atoms with E-state index >= 15 is 0 Å². The number of unbranched alkanes of at least 4 members (excludes halogenated alkanes) is 1. The van der Waals surface area contributed by atoms with Crippen LogP contribution in [0.2, 0.25) is 0 Å². The second-order valence-corrected chi connectivity index (χ2v) is 11.1. The van der Waals surface area contributed by atoms with Gasteiger partial charge in [0.05, 0.1) is 5.56 Å². The Labute approximate surface area is 221 Å². The van der Waals surface area contributed by atoms with Gasteiger partial charge in [-0.2, -0.15) is 0 Å². The Bertz CT molecular complexity index is 1050. The summed E-state index contributed by atoms with van der Waals surface area (Å²) in [6, 6.07) is 15.2. The maximum Gasteiger partial charge on any atom is 0.407 e. The van der Waals surface area contributed by atoms with Gasteiger partial charge in [0.15, 0.2) is 0 Å². The van der Waals surface area contributed by atoms with Crippen molar-refractivity contribution in [2.24, 2.45) is 0 Å². The van der Waals surface area contributed by atoms with Crippen LogP contribution in [0.4, 0.5) is 4.79 Å². The number of esters is 1. The lowest BCUT2D eigenvalue weighted by molar-refractivity contribution is -0.131. The maximum absolute atomic E-state index is 12.9. The summed E-state index contributed by atoms with van der Waals surface area (Å²) in [5.74, 6) is -0.315. The van der Waals surface area contributed by atoms with Gasteiger partial charge in [0.2, 0.25) is 5.91 Å². The molecule has 0 bridgehead atoms. The summed E-state index contributed by atoms with van der Waals surface area (Å²) >= 11 is 0. The molecular weight excluding hydrogens is 468 g/mol. The van der Waals surface area contributed by atoms with Crippen LogP contribution < -0.4 is 5.32 Å². The van der Waals surface area contributed by atoms with E-state index in [0.717, 1.165) is 29.5 Å². The zero-order chi connectivity index (χ0) is 27.6. The molecule has 0 radical (unpaired) electrons. The number of nitrogens with zero attached hydrogens (tertiary/aromatic N) is 1. The lowest BCUT2D eigenvalue weighted by Gasteiger charge is -2.24. The highest BCUT2D eigenvalue weighted by Gasteiger charge is 2.21. The lowest BCUT2D eigenvalue weighted by Crippen LogP contribution is -2.40. The van der Waals surface area contributed by atoms with E-state index in [4.69, 9.17) is 9.47 Å².